The SMILES string of the molecule is COc1cc(OC)cc(C2=C[CH]([Zr]([CH3])([CH3])(=[SiH2])[C]3=C(C)C(C)=C(C)C3C)c3ccccc32)c1. The Morgan fingerprint density at radius 2 is 1.47 bits per heavy atom. The van der Waals surface area contributed by atoms with Gasteiger partial charge in [-0.2, -0.15) is 0 Å². The summed E-state index contributed by atoms with van der Waals surface area (Å²) in [7, 11) is 3.43. The van der Waals surface area contributed by atoms with Crippen LogP contribution in [-0.2, 0) is 17.4 Å². The molecule has 0 heterocycles. The van der Waals surface area contributed by atoms with Gasteiger partial charge in [0.1, 0.15) is 0 Å². The summed E-state index contributed by atoms with van der Waals surface area (Å²) in [6.07, 6.45) is 2.58. The second-order valence-electron chi connectivity index (χ2n) is 10.6. The Bertz CT molecular complexity index is 1250. The molecule has 2 aliphatic rings. The molecule has 32 heavy (non-hydrogen) atoms. The average Bonchev–Trinajstić information content (AvgIpc) is 3.26. The van der Waals surface area contributed by atoms with Gasteiger partial charge in [0.05, 0.1) is 0 Å². The number of hydrogen-bond donors (Lipinski definition) is 0. The van der Waals surface area contributed by atoms with Gasteiger partial charge in [-0.05, 0) is 0 Å². The van der Waals surface area contributed by atoms with Gasteiger partial charge in [0.15, 0.2) is 0 Å². The molecule has 0 bridgehead atoms. The Kier molecular flexibility index (Phi) is 5.87. The van der Waals surface area contributed by atoms with E-state index in [0.717, 1.165) is 11.5 Å². The molecule has 2 aromatic carbocycles. The van der Waals surface area contributed by atoms with E-state index >= 15 is 0 Å². The van der Waals surface area contributed by atoms with Crippen molar-refractivity contribution in [2.24, 2.45) is 5.92 Å². The van der Waals surface area contributed by atoms with Crippen LogP contribution >= 0.6 is 0 Å². The van der Waals surface area contributed by atoms with Crippen molar-refractivity contribution in [1.29, 1.82) is 0 Å². The molecule has 2 aromatic rings. The van der Waals surface area contributed by atoms with Crippen molar-refractivity contribution in [2.75, 3.05) is 14.2 Å². The van der Waals surface area contributed by atoms with Gasteiger partial charge in [0.25, 0.3) is 0 Å². The first kappa shape index (κ1) is 23.5. The summed E-state index contributed by atoms with van der Waals surface area (Å²) in [5.41, 5.74) is 9.95. The van der Waals surface area contributed by atoms with Crippen LogP contribution in [0.4, 0.5) is 0 Å². The fraction of sp³-hybridized carbons (Fsp3) is 0.357. The fourth-order valence-corrected chi connectivity index (χ4v) is 24.7. The molecular formula is C28H36O2SiZr. The summed E-state index contributed by atoms with van der Waals surface area (Å²) in [4.78, 5) is 0. The van der Waals surface area contributed by atoms with E-state index in [1.807, 2.05) is 6.07 Å². The monoisotopic (exact) mass is 522 g/mol. The van der Waals surface area contributed by atoms with Crippen molar-refractivity contribution in [3.05, 3.63) is 85.2 Å². The van der Waals surface area contributed by atoms with E-state index in [1.165, 1.54) is 27.8 Å². The molecule has 0 spiro atoms. The molecule has 0 N–H and O–H groups in total. The zero-order chi connectivity index (χ0) is 23.4. The first-order valence-electron chi connectivity index (χ1n) is 11.5. The van der Waals surface area contributed by atoms with E-state index in [2.05, 4.69) is 86.3 Å². The summed E-state index contributed by atoms with van der Waals surface area (Å²) < 4.78 is 18.7. The van der Waals surface area contributed by atoms with E-state index in [-0.39, 0.29) is 0 Å². The van der Waals surface area contributed by atoms with Gasteiger partial charge in [-0.25, -0.2) is 0 Å². The normalized spacial score (nSPS) is 21.1. The molecule has 2 aliphatic carbocycles. The van der Waals surface area contributed by atoms with Crippen molar-refractivity contribution >= 4 is 12.5 Å². The molecule has 4 rings (SSSR count). The van der Waals surface area contributed by atoms with Crippen LogP contribution in [0.25, 0.3) is 5.57 Å². The summed E-state index contributed by atoms with van der Waals surface area (Å²) >= 11 is -3.41. The van der Waals surface area contributed by atoms with Gasteiger partial charge in [0, 0.05) is 0 Å². The van der Waals surface area contributed by atoms with Crippen LogP contribution < -0.4 is 9.47 Å². The Balaban J connectivity index is 1.94. The second-order valence-corrected chi connectivity index (χ2v) is 40.2. The number of rotatable bonds is 5. The van der Waals surface area contributed by atoms with E-state index in [4.69, 9.17) is 9.47 Å². The van der Waals surface area contributed by atoms with E-state index in [9.17, 15) is 0 Å². The Morgan fingerprint density at radius 1 is 0.875 bits per heavy atom. The molecule has 0 amide bonds. The number of hydrogen-bond acceptors (Lipinski definition) is 2. The van der Waals surface area contributed by atoms with Crippen LogP contribution in [0.5, 0.6) is 11.5 Å². The zero-order valence-corrected chi connectivity index (χ0v) is 24.7. The third-order valence-electron chi connectivity index (χ3n) is 8.10. The van der Waals surface area contributed by atoms with Crippen LogP contribution in [0.15, 0.2) is 68.5 Å². The fourth-order valence-electron chi connectivity index (χ4n) is 6.20. The number of fused-ring (bicyclic) bond motifs is 1. The molecule has 4 heteroatoms. The molecule has 168 valence electrons. The summed E-state index contributed by atoms with van der Waals surface area (Å²) in [6.45, 7) is 11.8. The first-order valence-corrected chi connectivity index (χ1v) is 25.0. The van der Waals surface area contributed by atoms with Crippen LogP contribution in [0.2, 0.25) is 9.26 Å². The van der Waals surface area contributed by atoms with Gasteiger partial charge < -0.3 is 0 Å². The summed E-state index contributed by atoms with van der Waals surface area (Å²) in [6, 6.07) is 15.2. The molecule has 0 fully saturated rings. The topological polar surface area (TPSA) is 18.5 Å². The van der Waals surface area contributed by atoms with Crippen molar-refractivity contribution in [3.8, 4) is 11.5 Å². The van der Waals surface area contributed by atoms with Crippen LogP contribution in [0.1, 0.15) is 48.0 Å². The molecule has 0 saturated carbocycles. The predicted octanol–water partition coefficient (Wildman–Crippen LogP) is 6.78. The Morgan fingerprint density at radius 3 is 2.00 bits per heavy atom. The molecular weight excluding hydrogens is 488 g/mol. The second kappa shape index (κ2) is 7.99. The predicted molar refractivity (Wildman–Crippen MR) is 136 cm³/mol. The van der Waals surface area contributed by atoms with Crippen molar-refractivity contribution < 1.29 is 26.9 Å². The molecule has 0 saturated heterocycles. The molecule has 0 aliphatic heterocycles. The van der Waals surface area contributed by atoms with Gasteiger partial charge in [-0.3, -0.25) is 0 Å². The molecule has 2 nitrogen and oxygen atoms in total. The van der Waals surface area contributed by atoms with Crippen molar-refractivity contribution in [2.45, 2.75) is 40.6 Å². The maximum absolute atomic E-state index is 5.59. The van der Waals surface area contributed by atoms with Crippen LogP contribution in [-0.4, -0.2) is 21.1 Å². The third kappa shape index (κ3) is 3.55. The van der Waals surface area contributed by atoms with Gasteiger partial charge >= 0.3 is 197 Å². The third-order valence-corrected chi connectivity index (χ3v) is 25.4. The summed E-state index contributed by atoms with van der Waals surface area (Å²) in [5.74, 6) is 2.21. The number of ether oxygens (including phenoxy) is 2. The van der Waals surface area contributed by atoms with Crippen molar-refractivity contribution in [3.63, 3.8) is 0 Å². The Labute approximate surface area is 195 Å². The number of benzene rings is 2. The van der Waals surface area contributed by atoms with Crippen LogP contribution in [0, 0.1) is 5.92 Å². The maximum atomic E-state index is 5.59. The first-order chi connectivity index (χ1) is 15.0. The molecule has 0 aromatic heterocycles. The minimum absolute atomic E-state index is 0.476. The van der Waals surface area contributed by atoms with Gasteiger partial charge in [0.2, 0.25) is 0 Å². The zero-order valence-electron chi connectivity index (χ0n) is 20.8. The molecule has 2 atom stereocenters. The number of allylic oxidation sites excluding steroid dienone is 5. The van der Waals surface area contributed by atoms with Gasteiger partial charge in [-0.15, -0.1) is 0 Å². The average molecular weight is 524 g/mol. The molecule has 2 unspecified atom stereocenters. The quantitative estimate of drug-likeness (QED) is 0.402. The standard InChI is InChI=1S/C17H15O2.C9H13.2CH3.H2Si.Zr/c1-18-14-9-13(10-15(11-14)19-2)17-8-7-12-5-3-4-6-16(12)17;1-6-5-7(2)9(4)8(6)3;;;;/h3-11H,1-2H3;6H,1-4H3;2*1H3;1H2;. The number of methoxy groups -OCH3 is 2. The minimum atomic E-state index is -3.41. The van der Waals surface area contributed by atoms with Crippen LogP contribution in [0.3, 0.4) is 0 Å². The Hall–Kier alpha value is -1.64. The molecule has 0 radical (unpaired) electrons. The van der Waals surface area contributed by atoms with Crippen molar-refractivity contribution in [1.82, 2.24) is 0 Å². The van der Waals surface area contributed by atoms with E-state index in [1.54, 1.807) is 28.6 Å². The van der Waals surface area contributed by atoms with Gasteiger partial charge in [-0.1, -0.05) is 0 Å². The van der Waals surface area contributed by atoms with E-state index in [0.29, 0.717) is 9.54 Å². The summed E-state index contributed by atoms with van der Waals surface area (Å²) in [5, 5.41) is 0. The van der Waals surface area contributed by atoms with E-state index < -0.39 is 17.4 Å².